The number of benzene rings is 2. The number of para-hydroxylation sites is 1. The van der Waals surface area contributed by atoms with E-state index in [1.54, 1.807) is 24.3 Å². The van der Waals surface area contributed by atoms with Crippen LogP contribution in [0.4, 0.5) is 5.69 Å². The van der Waals surface area contributed by atoms with Crippen molar-refractivity contribution < 1.29 is 13.2 Å². The molecule has 0 saturated carbocycles. The standard InChI is InChI=1S/C17H19NO3S/c1-2-21-15-9-11-16(12-10-15)22(19,20)18-13-5-7-14-6-3-4-8-17(14)18/h3-4,6,8-12H,2,5,7,13H2,1H3. The molecule has 4 nitrogen and oxygen atoms in total. The topological polar surface area (TPSA) is 46.6 Å². The van der Waals surface area contributed by atoms with Gasteiger partial charge in [-0.1, -0.05) is 18.2 Å². The van der Waals surface area contributed by atoms with Crippen molar-refractivity contribution in [3.63, 3.8) is 0 Å². The number of aryl methyl sites for hydroxylation is 1. The highest BCUT2D eigenvalue weighted by Gasteiger charge is 2.28. The van der Waals surface area contributed by atoms with E-state index in [2.05, 4.69) is 0 Å². The summed E-state index contributed by atoms with van der Waals surface area (Å²) in [7, 11) is -3.53. The van der Waals surface area contributed by atoms with Crippen LogP contribution in [0.15, 0.2) is 53.4 Å². The van der Waals surface area contributed by atoms with Crippen LogP contribution in [0, 0.1) is 0 Å². The van der Waals surface area contributed by atoms with Crippen LogP contribution in [0.25, 0.3) is 0 Å². The van der Waals surface area contributed by atoms with Crippen molar-refractivity contribution in [1.82, 2.24) is 0 Å². The average molecular weight is 317 g/mol. The van der Waals surface area contributed by atoms with E-state index in [4.69, 9.17) is 4.74 Å². The van der Waals surface area contributed by atoms with Crippen LogP contribution in [0.2, 0.25) is 0 Å². The lowest BCUT2D eigenvalue weighted by molar-refractivity contribution is 0.340. The number of rotatable bonds is 4. The van der Waals surface area contributed by atoms with Gasteiger partial charge in [0.15, 0.2) is 0 Å². The first-order valence-corrected chi connectivity index (χ1v) is 8.90. The normalized spacial score (nSPS) is 14.5. The minimum Gasteiger partial charge on any atom is -0.494 e. The molecule has 2 aromatic rings. The highest BCUT2D eigenvalue weighted by molar-refractivity contribution is 7.92. The molecule has 22 heavy (non-hydrogen) atoms. The quantitative estimate of drug-likeness (QED) is 0.870. The Hall–Kier alpha value is -2.01. The SMILES string of the molecule is CCOc1ccc(S(=O)(=O)N2CCCc3ccccc32)cc1. The van der Waals surface area contributed by atoms with Gasteiger partial charge in [0.25, 0.3) is 10.0 Å². The van der Waals surface area contributed by atoms with Gasteiger partial charge in [-0.05, 0) is 55.7 Å². The van der Waals surface area contributed by atoms with Crippen LogP contribution in [0.3, 0.4) is 0 Å². The van der Waals surface area contributed by atoms with Crippen molar-refractivity contribution in [2.75, 3.05) is 17.5 Å². The van der Waals surface area contributed by atoms with Gasteiger partial charge in [0.1, 0.15) is 5.75 Å². The van der Waals surface area contributed by atoms with Gasteiger partial charge < -0.3 is 4.74 Å². The number of anilines is 1. The lowest BCUT2D eigenvalue weighted by atomic mass is 10.0. The zero-order valence-electron chi connectivity index (χ0n) is 12.5. The van der Waals surface area contributed by atoms with Crippen LogP contribution in [0.5, 0.6) is 5.75 Å². The number of fused-ring (bicyclic) bond motifs is 1. The molecule has 116 valence electrons. The smallest absolute Gasteiger partial charge is 0.264 e. The first-order valence-electron chi connectivity index (χ1n) is 7.46. The minimum atomic E-state index is -3.53. The van der Waals surface area contributed by atoms with Crippen LogP contribution in [-0.4, -0.2) is 21.6 Å². The maximum atomic E-state index is 12.9. The zero-order valence-corrected chi connectivity index (χ0v) is 13.3. The monoisotopic (exact) mass is 317 g/mol. The molecular weight excluding hydrogens is 298 g/mol. The Balaban J connectivity index is 1.97. The summed E-state index contributed by atoms with van der Waals surface area (Å²) in [6.45, 7) is 2.98. The summed E-state index contributed by atoms with van der Waals surface area (Å²) < 4.78 is 32.7. The molecule has 0 bridgehead atoms. The molecule has 2 aromatic carbocycles. The largest absolute Gasteiger partial charge is 0.494 e. The van der Waals surface area contributed by atoms with E-state index in [1.807, 2.05) is 31.2 Å². The van der Waals surface area contributed by atoms with Gasteiger partial charge in [-0.2, -0.15) is 0 Å². The van der Waals surface area contributed by atoms with Crippen molar-refractivity contribution in [3.05, 3.63) is 54.1 Å². The Morgan fingerprint density at radius 1 is 1.09 bits per heavy atom. The Bertz CT molecular complexity index is 754. The van der Waals surface area contributed by atoms with E-state index in [1.165, 1.54) is 4.31 Å². The van der Waals surface area contributed by atoms with Gasteiger partial charge >= 0.3 is 0 Å². The fraction of sp³-hybridized carbons (Fsp3) is 0.294. The molecule has 5 heteroatoms. The van der Waals surface area contributed by atoms with Crippen LogP contribution in [0.1, 0.15) is 18.9 Å². The predicted octanol–water partition coefficient (Wildman–Crippen LogP) is 3.23. The third-order valence-corrected chi connectivity index (χ3v) is 5.62. The highest BCUT2D eigenvalue weighted by Crippen LogP contribution is 2.32. The number of sulfonamides is 1. The van der Waals surface area contributed by atoms with Gasteiger partial charge in [-0.3, -0.25) is 4.31 Å². The Kier molecular flexibility index (Phi) is 4.07. The number of ether oxygens (including phenoxy) is 1. The Labute approximate surface area is 131 Å². The maximum Gasteiger partial charge on any atom is 0.264 e. The number of nitrogens with zero attached hydrogens (tertiary/aromatic N) is 1. The molecule has 0 amide bonds. The maximum absolute atomic E-state index is 12.9. The number of hydrogen-bond donors (Lipinski definition) is 0. The van der Waals surface area contributed by atoms with E-state index in [0.29, 0.717) is 23.8 Å². The summed E-state index contributed by atoms with van der Waals surface area (Å²) in [6.07, 6.45) is 1.76. The van der Waals surface area contributed by atoms with Crippen molar-refractivity contribution in [3.8, 4) is 5.75 Å². The third-order valence-electron chi connectivity index (χ3n) is 3.79. The van der Waals surface area contributed by atoms with Crippen molar-refractivity contribution in [2.45, 2.75) is 24.7 Å². The summed E-state index contributed by atoms with van der Waals surface area (Å²) >= 11 is 0. The van der Waals surface area contributed by atoms with Crippen molar-refractivity contribution >= 4 is 15.7 Å². The summed E-state index contributed by atoms with van der Waals surface area (Å²) in [5, 5.41) is 0. The molecule has 1 aliphatic rings. The van der Waals surface area contributed by atoms with E-state index >= 15 is 0 Å². The second-order valence-electron chi connectivity index (χ2n) is 5.21. The van der Waals surface area contributed by atoms with Crippen molar-refractivity contribution in [2.24, 2.45) is 0 Å². The molecule has 0 aromatic heterocycles. The molecule has 0 unspecified atom stereocenters. The Morgan fingerprint density at radius 2 is 1.82 bits per heavy atom. The van der Waals surface area contributed by atoms with Gasteiger partial charge in [0.05, 0.1) is 17.2 Å². The highest BCUT2D eigenvalue weighted by atomic mass is 32.2. The summed E-state index contributed by atoms with van der Waals surface area (Å²) in [5.74, 6) is 0.681. The zero-order chi connectivity index (χ0) is 15.6. The second kappa shape index (κ2) is 6.01. The van der Waals surface area contributed by atoms with E-state index in [0.717, 1.165) is 24.1 Å². The van der Waals surface area contributed by atoms with Gasteiger partial charge in [-0.25, -0.2) is 8.42 Å². The minimum absolute atomic E-state index is 0.299. The molecule has 0 atom stereocenters. The molecule has 0 spiro atoms. The molecular formula is C17H19NO3S. The fourth-order valence-corrected chi connectivity index (χ4v) is 4.29. The molecule has 0 aliphatic carbocycles. The van der Waals surface area contributed by atoms with Crippen LogP contribution >= 0.6 is 0 Å². The fourth-order valence-electron chi connectivity index (χ4n) is 2.75. The molecule has 0 saturated heterocycles. The predicted molar refractivity (Wildman–Crippen MR) is 86.9 cm³/mol. The van der Waals surface area contributed by atoms with Gasteiger partial charge in [0.2, 0.25) is 0 Å². The lowest BCUT2D eigenvalue weighted by Gasteiger charge is -2.30. The van der Waals surface area contributed by atoms with E-state index < -0.39 is 10.0 Å². The summed E-state index contributed by atoms with van der Waals surface area (Å²) in [6, 6.07) is 14.3. The summed E-state index contributed by atoms with van der Waals surface area (Å²) in [5.41, 5.74) is 1.88. The second-order valence-corrected chi connectivity index (χ2v) is 7.08. The molecule has 3 rings (SSSR count). The molecule has 0 fully saturated rings. The molecule has 0 N–H and O–H groups in total. The third kappa shape index (κ3) is 2.68. The van der Waals surface area contributed by atoms with Crippen LogP contribution < -0.4 is 9.04 Å². The van der Waals surface area contributed by atoms with E-state index in [-0.39, 0.29) is 0 Å². The van der Waals surface area contributed by atoms with Crippen molar-refractivity contribution in [1.29, 1.82) is 0 Å². The molecule has 1 heterocycles. The van der Waals surface area contributed by atoms with E-state index in [9.17, 15) is 8.42 Å². The summed E-state index contributed by atoms with van der Waals surface area (Å²) in [4.78, 5) is 0.299. The first kappa shape index (κ1) is 14.9. The number of hydrogen-bond acceptors (Lipinski definition) is 3. The first-order chi connectivity index (χ1) is 10.6. The molecule has 1 aliphatic heterocycles. The lowest BCUT2D eigenvalue weighted by Crippen LogP contribution is -2.35. The molecule has 0 radical (unpaired) electrons. The van der Waals surface area contributed by atoms with Gasteiger partial charge in [-0.15, -0.1) is 0 Å². The van der Waals surface area contributed by atoms with Gasteiger partial charge in [0, 0.05) is 6.54 Å². The van der Waals surface area contributed by atoms with Crippen LogP contribution in [-0.2, 0) is 16.4 Å². The Morgan fingerprint density at radius 3 is 2.55 bits per heavy atom. The average Bonchev–Trinajstić information content (AvgIpc) is 2.55.